The van der Waals surface area contributed by atoms with Gasteiger partial charge < -0.3 is 30.3 Å². The van der Waals surface area contributed by atoms with Crippen LogP contribution in [0.25, 0.3) is 33.6 Å². The SMILES string of the molecule is COc1nc(-c2cccc(-c3cccc(-c4ccc(CNCCc5cncc(O)c5)c(OC)n4)c3Cl)c2Cl)ccc1CNCCc1cncc(O)c1. The molecule has 0 radical (unpaired) electrons. The van der Waals surface area contributed by atoms with E-state index in [-0.39, 0.29) is 11.5 Å². The normalized spacial score (nSPS) is 11.1. The second-order valence-electron chi connectivity index (χ2n) is 12.0. The summed E-state index contributed by atoms with van der Waals surface area (Å²) in [5.41, 5.74) is 8.03. The molecular weight excluding hydrogens is 699 g/mol. The van der Waals surface area contributed by atoms with E-state index >= 15 is 0 Å². The molecule has 4 N–H and O–H groups in total. The third-order valence-electron chi connectivity index (χ3n) is 8.48. The Morgan fingerprint density at radius 2 is 1.00 bits per heavy atom. The number of rotatable bonds is 15. The predicted molar refractivity (Wildman–Crippen MR) is 204 cm³/mol. The highest BCUT2D eigenvalue weighted by molar-refractivity contribution is 6.39. The maximum atomic E-state index is 9.66. The van der Waals surface area contributed by atoms with Crippen molar-refractivity contribution >= 4 is 23.2 Å². The molecule has 10 nitrogen and oxygen atoms in total. The largest absolute Gasteiger partial charge is 0.506 e. The molecule has 0 amide bonds. The standard InChI is InChI=1S/C40H38Cl2N6O4/c1-51-39-27(21-43-15-13-25-17-29(49)23-45-19-25)9-11-35(47-39)33-7-3-5-31(37(33)41)32-6-4-8-34(38(32)42)36-12-10-28(40(48-36)52-2)22-44-16-14-26-18-30(50)24-46-20-26/h3-12,17-20,23-24,43-44,49-50H,13-16,21-22H2,1-2H3. The van der Waals surface area contributed by atoms with E-state index in [9.17, 15) is 10.2 Å². The van der Waals surface area contributed by atoms with Crippen molar-refractivity contribution in [2.45, 2.75) is 25.9 Å². The van der Waals surface area contributed by atoms with Crippen molar-refractivity contribution in [3.05, 3.63) is 130 Å². The lowest BCUT2D eigenvalue weighted by Crippen LogP contribution is -2.17. The van der Waals surface area contributed by atoms with Crippen molar-refractivity contribution < 1.29 is 19.7 Å². The number of hydrogen-bond donors (Lipinski definition) is 4. The lowest BCUT2D eigenvalue weighted by Gasteiger charge is -2.15. The summed E-state index contributed by atoms with van der Waals surface area (Å²) in [6.07, 6.45) is 7.75. The molecule has 6 aromatic rings. The smallest absolute Gasteiger partial charge is 0.218 e. The topological polar surface area (TPSA) is 135 Å². The van der Waals surface area contributed by atoms with Crippen LogP contribution in [-0.2, 0) is 25.9 Å². The predicted octanol–water partition coefficient (Wildman–Crippen LogP) is 7.67. The Balaban J connectivity index is 1.17. The summed E-state index contributed by atoms with van der Waals surface area (Å²) < 4.78 is 11.3. The molecule has 0 atom stereocenters. The Morgan fingerprint density at radius 3 is 1.40 bits per heavy atom. The molecule has 0 saturated heterocycles. The minimum Gasteiger partial charge on any atom is -0.506 e. The van der Waals surface area contributed by atoms with Gasteiger partial charge in [0.25, 0.3) is 0 Å². The first-order valence-electron chi connectivity index (χ1n) is 16.7. The van der Waals surface area contributed by atoms with Crippen molar-refractivity contribution in [2.24, 2.45) is 0 Å². The summed E-state index contributed by atoms with van der Waals surface area (Å²) >= 11 is 14.2. The van der Waals surface area contributed by atoms with Gasteiger partial charge in [-0.25, -0.2) is 9.97 Å². The highest BCUT2D eigenvalue weighted by Gasteiger charge is 2.18. The van der Waals surface area contributed by atoms with E-state index in [4.69, 9.17) is 42.6 Å². The van der Waals surface area contributed by atoms with E-state index in [1.165, 1.54) is 12.4 Å². The minimum absolute atomic E-state index is 0.154. The maximum Gasteiger partial charge on any atom is 0.218 e. The lowest BCUT2D eigenvalue weighted by molar-refractivity contribution is 0.391. The number of benzene rings is 2. The van der Waals surface area contributed by atoms with Gasteiger partial charge in [-0.05, 0) is 61.3 Å². The summed E-state index contributed by atoms with van der Waals surface area (Å²) in [6.45, 7) is 2.48. The molecule has 0 aliphatic heterocycles. The van der Waals surface area contributed by atoms with Crippen LogP contribution in [0.5, 0.6) is 23.3 Å². The van der Waals surface area contributed by atoms with E-state index in [1.54, 1.807) is 38.7 Å². The second-order valence-corrected chi connectivity index (χ2v) is 12.8. The zero-order valence-corrected chi connectivity index (χ0v) is 30.2. The molecule has 0 unspecified atom stereocenters. The van der Waals surface area contributed by atoms with Crippen LogP contribution in [-0.4, -0.2) is 57.5 Å². The molecule has 0 aliphatic carbocycles. The van der Waals surface area contributed by atoms with Crippen molar-refractivity contribution in [3.63, 3.8) is 0 Å². The molecule has 0 bridgehead atoms. The van der Waals surface area contributed by atoms with Crippen molar-refractivity contribution in [1.82, 2.24) is 30.6 Å². The summed E-state index contributed by atoms with van der Waals surface area (Å²) in [5.74, 6) is 1.31. The van der Waals surface area contributed by atoms with E-state index in [2.05, 4.69) is 20.6 Å². The molecule has 2 aromatic carbocycles. The average molecular weight is 738 g/mol. The molecule has 0 fully saturated rings. The summed E-state index contributed by atoms with van der Waals surface area (Å²) in [4.78, 5) is 17.7. The fourth-order valence-corrected chi connectivity index (χ4v) is 6.52. The average Bonchev–Trinajstić information content (AvgIpc) is 3.15. The number of halogens is 2. The molecule has 0 aliphatic rings. The molecule has 6 rings (SSSR count). The zero-order valence-electron chi connectivity index (χ0n) is 28.7. The summed E-state index contributed by atoms with van der Waals surface area (Å²) in [7, 11) is 3.20. The van der Waals surface area contributed by atoms with Crippen molar-refractivity contribution in [2.75, 3.05) is 27.3 Å². The van der Waals surface area contributed by atoms with Crippen LogP contribution < -0.4 is 20.1 Å². The molecular formula is C40H38Cl2N6O4. The molecule has 52 heavy (non-hydrogen) atoms. The van der Waals surface area contributed by atoms with Crippen LogP contribution in [0.15, 0.2) is 97.6 Å². The van der Waals surface area contributed by atoms with Gasteiger partial charge >= 0.3 is 0 Å². The van der Waals surface area contributed by atoms with E-state index in [1.807, 2.05) is 60.7 Å². The number of pyridine rings is 4. The van der Waals surface area contributed by atoms with E-state index < -0.39 is 0 Å². The van der Waals surface area contributed by atoms with Gasteiger partial charge in [-0.2, -0.15) is 0 Å². The summed E-state index contributed by atoms with van der Waals surface area (Å²) in [5, 5.41) is 27.1. The van der Waals surface area contributed by atoms with Gasteiger partial charge in [0.15, 0.2) is 0 Å². The Labute approximate surface area is 312 Å². The van der Waals surface area contributed by atoms with Crippen molar-refractivity contribution in [1.29, 1.82) is 0 Å². The lowest BCUT2D eigenvalue weighted by atomic mass is 9.98. The van der Waals surface area contributed by atoms with Gasteiger partial charge in [0.05, 0.1) is 48.0 Å². The van der Waals surface area contributed by atoms with Gasteiger partial charge in [-0.15, -0.1) is 0 Å². The van der Waals surface area contributed by atoms with E-state index in [0.29, 0.717) is 59.4 Å². The monoisotopic (exact) mass is 736 g/mol. The van der Waals surface area contributed by atoms with Gasteiger partial charge in [-0.3, -0.25) is 9.97 Å². The van der Waals surface area contributed by atoms with Gasteiger partial charge in [-0.1, -0.05) is 71.7 Å². The number of methoxy groups -OCH3 is 2. The fourth-order valence-electron chi connectivity index (χ4n) is 5.87. The Morgan fingerprint density at radius 1 is 0.577 bits per heavy atom. The molecule has 12 heteroatoms. The first-order valence-corrected chi connectivity index (χ1v) is 17.4. The minimum atomic E-state index is 0.154. The van der Waals surface area contributed by atoms with Crippen LogP contribution in [0.3, 0.4) is 0 Å². The van der Waals surface area contributed by atoms with Gasteiger partial charge in [0.2, 0.25) is 11.8 Å². The Bertz CT molecular complexity index is 2010. The first kappa shape index (κ1) is 36.5. The quantitative estimate of drug-likeness (QED) is 0.0779. The first-order chi connectivity index (χ1) is 25.3. The van der Waals surface area contributed by atoms with Crippen LogP contribution in [0, 0.1) is 0 Å². The number of ether oxygens (including phenoxy) is 2. The van der Waals surface area contributed by atoms with Crippen LogP contribution in [0.1, 0.15) is 22.3 Å². The van der Waals surface area contributed by atoms with Crippen molar-refractivity contribution in [3.8, 4) is 56.9 Å². The number of aromatic hydroxyl groups is 2. The molecule has 0 saturated carbocycles. The number of hydrogen-bond acceptors (Lipinski definition) is 10. The molecule has 0 spiro atoms. The Hall–Kier alpha value is -5.26. The molecule has 4 heterocycles. The maximum absolute atomic E-state index is 9.66. The third-order valence-corrected chi connectivity index (χ3v) is 9.29. The third kappa shape index (κ3) is 8.78. The number of nitrogens with one attached hydrogen (secondary N) is 2. The molecule has 4 aromatic heterocycles. The van der Waals surface area contributed by atoms with Gasteiger partial charge in [0.1, 0.15) is 11.5 Å². The van der Waals surface area contributed by atoms with Crippen LogP contribution >= 0.6 is 23.2 Å². The highest BCUT2D eigenvalue weighted by Crippen LogP contribution is 2.42. The fraction of sp³-hybridized carbons (Fsp3) is 0.200. The van der Waals surface area contributed by atoms with Gasteiger partial charge in [0, 0.05) is 58.9 Å². The Kier molecular flexibility index (Phi) is 12.2. The molecule has 266 valence electrons. The number of nitrogens with zero attached hydrogens (tertiary/aromatic N) is 4. The number of aromatic nitrogens is 4. The summed E-state index contributed by atoms with van der Waals surface area (Å²) in [6, 6.07) is 22.8. The van der Waals surface area contributed by atoms with E-state index in [0.717, 1.165) is 57.3 Å². The van der Waals surface area contributed by atoms with Crippen LogP contribution in [0.2, 0.25) is 10.0 Å². The highest BCUT2D eigenvalue weighted by atomic mass is 35.5. The zero-order chi connectivity index (χ0) is 36.5. The second kappa shape index (κ2) is 17.3. The van der Waals surface area contributed by atoms with Crippen LogP contribution in [0.4, 0.5) is 0 Å².